The quantitative estimate of drug-likeness (QED) is 0.362. The summed E-state index contributed by atoms with van der Waals surface area (Å²) in [6.45, 7) is 5.93. The third kappa shape index (κ3) is 3.91. The number of nitrogens with zero attached hydrogens (tertiary/aromatic N) is 5. The SMILES string of the molecule is Cc1ccc(-c2cc(C(=O)OCc3cc(=O)n4ccsc4n3)c3cnn(C(C)C)c3n2)cc1. The van der Waals surface area contributed by atoms with Crippen molar-refractivity contribution in [2.24, 2.45) is 0 Å². The van der Waals surface area contributed by atoms with E-state index in [0.29, 0.717) is 32.9 Å². The normalized spacial score (nSPS) is 11.5. The number of rotatable bonds is 5. The first-order valence-electron chi connectivity index (χ1n) is 10.5. The molecule has 166 valence electrons. The molecule has 0 unspecified atom stereocenters. The van der Waals surface area contributed by atoms with Crippen molar-refractivity contribution in [3.05, 3.63) is 81.3 Å². The largest absolute Gasteiger partial charge is 0.456 e. The van der Waals surface area contributed by atoms with Gasteiger partial charge in [0.25, 0.3) is 5.56 Å². The van der Waals surface area contributed by atoms with E-state index >= 15 is 0 Å². The van der Waals surface area contributed by atoms with Gasteiger partial charge in [0.05, 0.1) is 28.5 Å². The van der Waals surface area contributed by atoms with Gasteiger partial charge in [-0.2, -0.15) is 5.10 Å². The molecule has 0 aliphatic rings. The summed E-state index contributed by atoms with van der Waals surface area (Å²) in [6.07, 6.45) is 3.30. The molecule has 0 bridgehead atoms. The van der Waals surface area contributed by atoms with E-state index < -0.39 is 5.97 Å². The maximum atomic E-state index is 13.2. The van der Waals surface area contributed by atoms with Crippen molar-refractivity contribution in [2.45, 2.75) is 33.4 Å². The van der Waals surface area contributed by atoms with Crippen molar-refractivity contribution in [1.82, 2.24) is 24.1 Å². The minimum atomic E-state index is -0.521. The fourth-order valence-electron chi connectivity index (χ4n) is 3.62. The van der Waals surface area contributed by atoms with Crippen LogP contribution in [0.5, 0.6) is 0 Å². The maximum absolute atomic E-state index is 13.2. The molecule has 0 fully saturated rings. The zero-order chi connectivity index (χ0) is 23.1. The van der Waals surface area contributed by atoms with Gasteiger partial charge in [-0.3, -0.25) is 9.20 Å². The average molecular weight is 460 g/mol. The topological polar surface area (TPSA) is 91.4 Å². The Bertz CT molecular complexity index is 1550. The Balaban J connectivity index is 1.53. The van der Waals surface area contributed by atoms with Crippen molar-refractivity contribution in [3.63, 3.8) is 0 Å². The summed E-state index contributed by atoms with van der Waals surface area (Å²) in [5, 5.41) is 6.84. The number of aryl methyl sites for hydroxylation is 1. The molecule has 0 aliphatic heterocycles. The highest BCUT2D eigenvalue weighted by Gasteiger charge is 2.20. The van der Waals surface area contributed by atoms with Crippen LogP contribution in [0.1, 0.15) is 41.5 Å². The minimum absolute atomic E-state index is 0.0711. The molecule has 0 radical (unpaired) electrons. The molecule has 33 heavy (non-hydrogen) atoms. The number of ether oxygens (including phenoxy) is 1. The van der Waals surface area contributed by atoms with E-state index in [0.717, 1.165) is 11.1 Å². The van der Waals surface area contributed by atoms with Crippen molar-refractivity contribution >= 4 is 33.3 Å². The number of fused-ring (bicyclic) bond motifs is 2. The van der Waals surface area contributed by atoms with Crippen LogP contribution in [-0.2, 0) is 11.3 Å². The maximum Gasteiger partial charge on any atom is 0.339 e. The highest BCUT2D eigenvalue weighted by atomic mass is 32.1. The fraction of sp³-hybridized carbons (Fsp3) is 0.208. The van der Waals surface area contributed by atoms with Gasteiger partial charge in [0.2, 0.25) is 0 Å². The summed E-state index contributed by atoms with van der Waals surface area (Å²) in [5.41, 5.74) is 3.87. The first-order valence-corrected chi connectivity index (χ1v) is 11.4. The van der Waals surface area contributed by atoms with Gasteiger partial charge in [-0.05, 0) is 26.8 Å². The van der Waals surface area contributed by atoms with E-state index in [9.17, 15) is 9.59 Å². The van der Waals surface area contributed by atoms with Gasteiger partial charge in [0.15, 0.2) is 10.6 Å². The number of carbonyl (C=O) groups is 1. The Morgan fingerprint density at radius 2 is 1.94 bits per heavy atom. The van der Waals surface area contributed by atoms with Gasteiger partial charge in [0, 0.05) is 29.2 Å². The van der Waals surface area contributed by atoms with Crippen LogP contribution in [0.4, 0.5) is 0 Å². The van der Waals surface area contributed by atoms with E-state index in [1.165, 1.54) is 21.8 Å². The molecule has 0 amide bonds. The number of pyridine rings is 1. The molecular formula is C24H21N5O3S. The predicted octanol–water partition coefficient (Wildman–Crippen LogP) is 4.41. The second kappa shape index (κ2) is 8.25. The number of aromatic nitrogens is 5. The summed E-state index contributed by atoms with van der Waals surface area (Å²) in [5.74, 6) is -0.521. The lowest BCUT2D eigenvalue weighted by Crippen LogP contribution is -2.15. The van der Waals surface area contributed by atoms with E-state index in [1.807, 2.05) is 45.0 Å². The Labute approximate surface area is 193 Å². The molecule has 0 spiro atoms. The van der Waals surface area contributed by atoms with Crippen molar-refractivity contribution in [3.8, 4) is 11.3 Å². The number of thiazole rings is 1. The second-order valence-corrected chi connectivity index (χ2v) is 8.93. The van der Waals surface area contributed by atoms with E-state index in [2.05, 4.69) is 10.1 Å². The van der Waals surface area contributed by atoms with E-state index in [-0.39, 0.29) is 18.2 Å². The van der Waals surface area contributed by atoms with Gasteiger partial charge in [-0.25, -0.2) is 19.4 Å². The Hall–Kier alpha value is -3.85. The Morgan fingerprint density at radius 1 is 1.15 bits per heavy atom. The van der Waals surface area contributed by atoms with Crippen LogP contribution in [0.3, 0.4) is 0 Å². The summed E-state index contributed by atoms with van der Waals surface area (Å²) in [4.78, 5) is 35.1. The fourth-order valence-corrected chi connectivity index (χ4v) is 4.35. The lowest BCUT2D eigenvalue weighted by atomic mass is 10.1. The lowest BCUT2D eigenvalue weighted by molar-refractivity contribution is 0.0470. The summed E-state index contributed by atoms with van der Waals surface area (Å²) < 4.78 is 8.82. The second-order valence-electron chi connectivity index (χ2n) is 8.06. The van der Waals surface area contributed by atoms with Gasteiger partial charge in [-0.15, -0.1) is 11.3 Å². The van der Waals surface area contributed by atoms with E-state index in [4.69, 9.17) is 9.72 Å². The standard InChI is InChI=1S/C24H21N5O3S/c1-14(2)29-22-19(12-25-29)18(11-20(27-22)16-6-4-15(3)5-7-16)23(31)32-13-17-10-21(30)28-8-9-33-24(28)26-17/h4-12,14H,13H2,1-3H3. The lowest BCUT2D eigenvalue weighted by Gasteiger charge is -2.11. The van der Waals surface area contributed by atoms with Crippen molar-refractivity contribution in [2.75, 3.05) is 0 Å². The zero-order valence-corrected chi connectivity index (χ0v) is 19.2. The predicted molar refractivity (Wildman–Crippen MR) is 127 cm³/mol. The monoisotopic (exact) mass is 459 g/mol. The zero-order valence-electron chi connectivity index (χ0n) is 18.3. The Kier molecular flexibility index (Phi) is 5.26. The molecule has 4 aromatic heterocycles. The van der Waals surface area contributed by atoms with Crippen LogP contribution < -0.4 is 5.56 Å². The number of hydrogen-bond acceptors (Lipinski definition) is 7. The molecule has 0 aliphatic carbocycles. The molecule has 8 nitrogen and oxygen atoms in total. The van der Waals surface area contributed by atoms with Gasteiger partial charge in [0.1, 0.15) is 6.61 Å². The molecule has 4 heterocycles. The van der Waals surface area contributed by atoms with Crippen LogP contribution in [-0.4, -0.2) is 30.1 Å². The smallest absolute Gasteiger partial charge is 0.339 e. The third-order valence-electron chi connectivity index (χ3n) is 5.33. The molecule has 5 rings (SSSR count). The van der Waals surface area contributed by atoms with Crippen LogP contribution in [0.2, 0.25) is 0 Å². The summed E-state index contributed by atoms with van der Waals surface area (Å²) >= 11 is 1.35. The molecular weight excluding hydrogens is 438 g/mol. The molecule has 5 aromatic rings. The number of carbonyl (C=O) groups excluding carboxylic acids is 1. The van der Waals surface area contributed by atoms with E-state index in [1.54, 1.807) is 28.5 Å². The van der Waals surface area contributed by atoms with Crippen LogP contribution in [0.15, 0.2) is 59.0 Å². The van der Waals surface area contributed by atoms with Gasteiger partial charge < -0.3 is 4.74 Å². The highest BCUT2D eigenvalue weighted by molar-refractivity contribution is 7.15. The third-order valence-corrected chi connectivity index (χ3v) is 6.09. The molecule has 0 atom stereocenters. The molecule has 0 saturated carbocycles. The van der Waals surface area contributed by atoms with Crippen LogP contribution >= 0.6 is 11.3 Å². The van der Waals surface area contributed by atoms with Crippen molar-refractivity contribution < 1.29 is 9.53 Å². The van der Waals surface area contributed by atoms with Gasteiger partial charge >= 0.3 is 5.97 Å². The van der Waals surface area contributed by atoms with Crippen molar-refractivity contribution in [1.29, 1.82) is 0 Å². The number of hydrogen-bond donors (Lipinski definition) is 0. The highest BCUT2D eigenvalue weighted by Crippen LogP contribution is 2.27. The summed E-state index contributed by atoms with van der Waals surface area (Å²) in [6, 6.07) is 11.1. The van der Waals surface area contributed by atoms with Crippen LogP contribution in [0, 0.1) is 6.92 Å². The number of benzene rings is 1. The molecule has 9 heteroatoms. The van der Waals surface area contributed by atoms with Gasteiger partial charge in [-0.1, -0.05) is 29.8 Å². The average Bonchev–Trinajstić information content (AvgIpc) is 3.44. The Morgan fingerprint density at radius 3 is 2.70 bits per heavy atom. The minimum Gasteiger partial charge on any atom is -0.456 e. The van der Waals surface area contributed by atoms with Crippen LogP contribution in [0.25, 0.3) is 27.3 Å². The first-order chi connectivity index (χ1) is 15.9. The molecule has 0 N–H and O–H groups in total. The number of esters is 1. The first kappa shape index (κ1) is 21.0. The molecule has 1 aromatic carbocycles. The molecule has 0 saturated heterocycles. The summed E-state index contributed by atoms with van der Waals surface area (Å²) in [7, 11) is 0.